The number of hydrazine groups is 3. The standard InChI is InChI=1S/C13H22N10/c1-9(12-17-19-20-18-12)22-7-6-15-13(22)11-8-23(21-16-11)10-2-4-14-5-3-10/h6-10,12,14,17-20H,2-5H2,1H3. The zero-order valence-electron chi connectivity index (χ0n) is 13.0. The molecule has 0 amide bonds. The SMILES string of the molecule is CC(C1NNNN1)n1ccnc1-c1cn(C2CCNCC2)nn1. The normalized spacial score (nSPS) is 21.8. The molecule has 10 nitrogen and oxygen atoms in total. The molecule has 4 heterocycles. The Morgan fingerprint density at radius 3 is 2.78 bits per heavy atom. The molecule has 2 aliphatic heterocycles. The molecule has 0 radical (unpaired) electrons. The first kappa shape index (κ1) is 14.7. The maximum absolute atomic E-state index is 4.48. The quantitative estimate of drug-likeness (QED) is 0.492. The van der Waals surface area contributed by atoms with Crippen LogP contribution in [0.4, 0.5) is 0 Å². The van der Waals surface area contributed by atoms with Crippen LogP contribution in [-0.4, -0.2) is 43.8 Å². The van der Waals surface area contributed by atoms with Crippen molar-refractivity contribution in [1.82, 2.24) is 51.8 Å². The van der Waals surface area contributed by atoms with Crippen molar-refractivity contribution in [2.75, 3.05) is 13.1 Å². The van der Waals surface area contributed by atoms with E-state index in [1.807, 2.05) is 17.1 Å². The summed E-state index contributed by atoms with van der Waals surface area (Å²) in [4.78, 5) is 4.48. The van der Waals surface area contributed by atoms with Crippen LogP contribution in [0.3, 0.4) is 0 Å². The van der Waals surface area contributed by atoms with Gasteiger partial charge in [0.05, 0.1) is 18.3 Å². The van der Waals surface area contributed by atoms with E-state index >= 15 is 0 Å². The molecule has 0 saturated carbocycles. The summed E-state index contributed by atoms with van der Waals surface area (Å²) in [6.45, 7) is 4.18. The summed E-state index contributed by atoms with van der Waals surface area (Å²) >= 11 is 0. The Labute approximate surface area is 133 Å². The minimum absolute atomic E-state index is 0.0439. The number of aromatic nitrogens is 5. The average molecular weight is 318 g/mol. The molecule has 2 fully saturated rings. The van der Waals surface area contributed by atoms with Gasteiger partial charge in [-0.3, -0.25) is 0 Å². The highest BCUT2D eigenvalue weighted by Crippen LogP contribution is 2.23. The molecule has 0 aliphatic carbocycles. The predicted octanol–water partition coefficient (Wildman–Crippen LogP) is -0.930. The molecule has 124 valence electrons. The van der Waals surface area contributed by atoms with Gasteiger partial charge in [0.1, 0.15) is 11.9 Å². The van der Waals surface area contributed by atoms with Gasteiger partial charge in [-0.05, 0) is 32.9 Å². The van der Waals surface area contributed by atoms with Crippen LogP contribution in [0, 0.1) is 0 Å². The molecular weight excluding hydrogens is 296 g/mol. The zero-order chi connectivity index (χ0) is 15.6. The lowest BCUT2D eigenvalue weighted by atomic mass is 10.1. The molecule has 4 rings (SSSR count). The Hall–Kier alpha value is -1.85. The fraction of sp³-hybridized carbons (Fsp3) is 0.615. The highest BCUT2D eigenvalue weighted by molar-refractivity contribution is 5.47. The number of nitrogens with zero attached hydrogens (tertiary/aromatic N) is 5. The second-order valence-corrected chi connectivity index (χ2v) is 5.98. The zero-order valence-corrected chi connectivity index (χ0v) is 13.0. The molecule has 2 saturated heterocycles. The van der Waals surface area contributed by atoms with E-state index in [2.05, 4.69) is 54.0 Å². The van der Waals surface area contributed by atoms with Gasteiger partial charge in [-0.1, -0.05) is 5.21 Å². The van der Waals surface area contributed by atoms with E-state index in [1.165, 1.54) is 0 Å². The third kappa shape index (κ3) is 2.86. The third-order valence-corrected chi connectivity index (χ3v) is 4.53. The molecule has 0 bridgehead atoms. The van der Waals surface area contributed by atoms with Crippen molar-refractivity contribution in [1.29, 1.82) is 0 Å². The average Bonchev–Trinajstić information content (AvgIpc) is 3.35. The Balaban J connectivity index is 1.56. The van der Waals surface area contributed by atoms with E-state index in [1.54, 1.807) is 6.20 Å². The third-order valence-electron chi connectivity index (χ3n) is 4.53. The smallest absolute Gasteiger partial charge is 0.162 e. The van der Waals surface area contributed by atoms with Crippen LogP contribution in [0.25, 0.3) is 11.5 Å². The van der Waals surface area contributed by atoms with Gasteiger partial charge >= 0.3 is 0 Å². The van der Waals surface area contributed by atoms with E-state index in [9.17, 15) is 0 Å². The first-order valence-corrected chi connectivity index (χ1v) is 8.00. The number of piperidine rings is 1. The predicted molar refractivity (Wildman–Crippen MR) is 83.4 cm³/mol. The number of imidazole rings is 1. The summed E-state index contributed by atoms with van der Waals surface area (Å²) in [5.41, 5.74) is 12.7. The molecule has 23 heavy (non-hydrogen) atoms. The monoisotopic (exact) mass is 318 g/mol. The van der Waals surface area contributed by atoms with Gasteiger partial charge in [0.25, 0.3) is 0 Å². The molecule has 10 heteroatoms. The molecule has 0 aromatic carbocycles. The van der Waals surface area contributed by atoms with Crippen LogP contribution < -0.4 is 27.2 Å². The summed E-state index contributed by atoms with van der Waals surface area (Å²) in [5, 5.41) is 12.0. The summed E-state index contributed by atoms with van der Waals surface area (Å²) in [6.07, 6.45) is 7.98. The van der Waals surface area contributed by atoms with Crippen molar-refractivity contribution in [3.8, 4) is 11.5 Å². The molecule has 2 aliphatic rings. The molecular formula is C13H22N10. The fourth-order valence-electron chi connectivity index (χ4n) is 3.13. The van der Waals surface area contributed by atoms with E-state index in [-0.39, 0.29) is 12.2 Å². The maximum atomic E-state index is 4.48. The number of nitrogens with one attached hydrogen (secondary N) is 5. The van der Waals surface area contributed by atoms with Crippen LogP contribution in [0.5, 0.6) is 0 Å². The first-order valence-electron chi connectivity index (χ1n) is 8.00. The number of rotatable bonds is 4. The second kappa shape index (κ2) is 6.34. The summed E-state index contributed by atoms with van der Waals surface area (Å²) in [7, 11) is 0. The van der Waals surface area contributed by atoms with Crippen molar-refractivity contribution in [3.05, 3.63) is 18.6 Å². The van der Waals surface area contributed by atoms with Gasteiger partial charge in [0.15, 0.2) is 5.82 Å². The summed E-state index contributed by atoms with van der Waals surface area (Å²) in [6, 6.07) is 0.559. The molecule has 2 aromatic rings. The van der Waals surface area contributed by atoms with Gasteiger partial charge in [0.2, 0.25) is 0 Å². The van der Waals surface area contributed by atoms with Crippen LogP contribution in [0.1, 0.15) is 31.8 Å². The molecule has 5 N–H and O–H groups in total. The minimum Gasteiger partial charge on any atom is -0.324 e. The van der Waals surface area contributed by atoms with Crippen LogP contribution in [0.2, 0.25) is 0 Å². The number of hydrogen-bond acceptors (Lipinski definition) is 8. The van der Waals surface area contributed by atoms with Crippen molar-refractivity contribution in [2.45, 2.75) is 38.0 Å². The van der Waals surface area contributed by atoms with Gasteiger partial charge in [-0.25, -0.2) is 20.5 Å². The van der Waals surface area contributed by atoms with Gasteiger partial charge < -0.3 is 9.88 Å². The minimum atomic E-state index is 0.0439. The summed E-state index contributed by atoms with van der Waals surface area (Å²) in [5.74, 6) is 0.827. The van der Waals surface area contributed by atoms with Crippen molar-refractivity contribution < 1.29 is 0 Å². The molecule has 1 unspecified atom stereocenters. The van der Waals surface area contributed by atoms with Crippen molar-refractivity contribution in [2.24, 2.45) is 0 Å². The Bertz CT molecular complexity index is 637. The largest absolute Gasteiger partial charge is 0.324 e. The topological polar surface area (TPSA) is 109 Å². The van der Waals surface area contributed by atoms with Crippen LogP contribution >= 0.6 is 0 Å². The Morgan fingerprint density at radius 2 is 2.00 bits per heavy atom. The van der Waals surface area contributed by atoms with Crippen molar-refractivity contribution >= 4 is 0 Å². The lowest BCUT2D eigenvalue weighted by Crippen LogP contribution is -2.40. The van der Waals surface area contributed by atoms with Crippen LogP contribution in [-0.2, 0) is 0 Å². The Morgan fingerprint density at radius 1 is 1.22 bits per heavy atom. The summed E-state index contributed by atoms with van der Waals surface area (Å²) < 4.78 is 4.07. The molecule has 1 atom stereocenters. The van der Waals surface area contributed by atoms with Crippen molar-refractivity contribution in [3.63, 3.8) is 0 Å². The van der Waals surface area contributed by atoms with Crippen LogP contribution in [0.15, 0.2) is 18.6 Å². The van der Waals surface area contributed by atoms with E-state index in [4.69, 9.17) is 0 Å². The Kier molecular flexibility index (Phi) is 4.06. The van der Waals surface area contributed by atoms with Gasteiger partial charge in [-0.2, -0.15) is 11.1 Å². The molecule has 2 aromatic heterocycles. The lowest BCUT2D eigenvalue weighted by molar-refractivity contribution is 0.337. The van der Waals surface area contributed by atoms with Gasteiger partial charge in [-0.15, -0.1) is 5.10 Å². The first-order chi connectivity index (χ1) is 11.3. The molecule has 0 spiro atoms. The van der Waals surface area contributed by atoms with E-state index in [0.717, 1.165) is 37.4 Å². The maximum Gasteiger partial charge on any atom is 0.162 e. The van der Waals surface area contributed by atoms with E-state index < -0.39 is 0 Å². The number of hydrogen-bond donors (Lipinski definition) is 5. The van der Waals surface area contributed by atoms with Gasteiger partial charge in [0, 0.05) is 12.4 Å². The van der Waals surface area contributed by atoms with E-state index in [0.29, 0.717) is 6.04 Å². The highest BCUT2D eigenvalue weighted by Gasteiger charge is 2.25. The lowest BCUT2D eigenvalue weighted by Gasteiger charge is -2.22. The highest BCUT2D eigenvalue weighted by atomic mass is 15.8. The second-order valence-electron chi connectivity index (χ2n) is 5.98. The fourth-order valence-corrected chi connectivity index (χ4v) is 3.13.